The van der Waals surface area contributed by atoms with Crippen LogP contribution in [-0.4, -0.2) is 28.4 Å². The fourth-order valence-electron chi connectivity index (χ4n) is 1.78. The Labute approximate surface area is 122 Å². The van der Waals surface area contributed by atoms with E-state index in [-0.39, 0.29) is 0 Å². The van der Waals surface area contributed by atoms with Crippen LogP contribution >= 0.6 is 11.3 Å². The van der Waals surface area contributed by atoms with Gasteiger partial charge in [0.15, 0.2) is 0 Å². The molecule has 0 unspecified atom stereocenters. The first-order chi connectivity index (χ1) is 9.60. The molecule has 1 heterocycles. The van der Waals surface area contributed by atoms with Crippen LogP contribution < -0.4 is 10.9 Å². The Hall–Kier alpha value is -1.70. The molecule has 0 aliphatic heterocycles. The molecule has 0 saturated carbocycles. The summed E-state index contributed by atoms with van der Waals surface area (Å²) in [4.78, 5) is 4.25. The highest BCUT2D eigenvalue weighted by molar-refractivity contribution is 7.13. The van der Waals surface area contributed by atoms with Gasteiger partial charge in [0.1, 0.15) is 0 Å². The number of hydrazone groups is 1. The molecule has 0 radical (unpaired) electrons. The third kappa shape index (κ3) is 3.66. The summed E-state index contributed by atoms with van der Waals surface area (Å²) in [5.41, 5.74) is 6.28. The lowest BCUT2D eigenvalue weighted by atomic mass is 9.78. The van der Waals surface area contributed by atoms with Gasteiger partial charge in [0, 0.05) is 5.38 Å². The summed E-state index contributed by atoms with van der Waals surface area (Å²) in [6.07, 6.45) is 2.50. The summed E-state index contributed by atoms with van der Waals surface area (Å²) in [5, 5.41) is 25.2. The zero-order valence-electron chi connectivity index (χ0n) is 11.4. The van der Waals surface area contributed by atoms with E-state index in [0.717, 1.165) is 28.4 Å². The van der Waals surface area contributed by atoms with Gasteiger partial charge in [0.25, 0.3) is 0 Å². The second kappa shape index (κ2) is 6.65. The maximum atomic E-state index is 9.16. The van der Waals surface area contributed by atoms with E-state index in [1.165, 1.54) is 11.3 Å². The Balaban J connectivity index is 2.12. The first-order valence-electron chi connectivity index (χ1n) is 6.30. The maximum absolute atomic E-state index is 9.16. The maximum Gasteiger partial charge on any atom is 0.488 e. The first-order valence-corrected chi connectivity index (χ1v) is 7.18. The SMILES string of the molecule is CCc1cc(B(O)O)ccc1C=NNc1nc(C)cs1. The average molecular weight is 289 g/mol. The number of thiazole rings is 1. The number of benzene rings is 1. The smallest absolute Gasteiger partial charge is 0.423 e. The molecule has 3 N–H and O–H groups in total. The highest BCUT2D eigenvalue weighted by Gasteiger charge is 2.12. The molecular formula is C13H16BN3O2S. The summed E-state index contributed by atoms with van der Waals surface area (Å²) in [6.45, 7) is 3.94. The molecule has 0 fully saturated rings. The van der Waals surface area contributed by atoms with Crippen LogP contribution in [0.2, 0.25) is 0 Å². The molecule has 0 saturated heterocycles. The number of aromatic nitrogens is 1. The predicted octanol–water partition coefficient (Wildman–Crippen LogP) is 1.14. The summed E-state index contributed by atoms with van der Waals surface area (Å²) in [5.74, 6) is 0. The molecule has 104 valence electrons. The van der Waals surface area contributed by atoms with Gasteiger partial charge >= 0.3 is 7.12 Å². The van der Waals surface area contributed by atoms with E-state index in [9.17, 15) is 0 Å². The number of hydrogen-bond donors (Lipinski definition) is 3. The minimum atomic E-state index is -1.44. The highest BCUT2D eigenvalue weighted by atomic mass is 32.1. The molecule has 0 spiro atoms. The lowest BCUT2D eigenvalue weighted by Gasteiger charge is -2.06. The second-order valence-electron chi connectivity index (χ2n) is 4.35. The van der Waals surface area contributed by atoms with Gasteiger partial charge in [-0.3, -0.25) is 5.43 Å². The first kappa shape index (κ1) is 14.7. The van der Waals surface area contributed by atoms with Gasteiger partial charge in [0.05, 0.1) is 11.9 Å². The summed E-state index contributed by atoms with van der Waals surface area (Å²) in [7, 11) is -1.44. The van der Waals surface area contributed by atoms with E-state index in [0.29, 0.717) is 5.46 Å². The molecule has 1 aromatic carbocycles. The van der Waals surface area contributed by atoms with E-state index in [2.05, 4.69) is 15.5 Å². The largest absolute Gasteiger partial charge is 0.488 e. The van der Waals surface area contributed by atoms with Crippen LogP contribution in [0.25, 0.3) is 0 Å². The molecule has 0 amide bonds. The Morgan fingerprint density at radius 2 is 2.25 bits per heavy atom. The Morgan fingerprint density at radius 3 is 2.85 bits per heavy atom. The van der Waals surface area contributed by atoms with Crippen molar-refractivity contribution in [2.24, 2.45) is 5.10 Å². The van der Waals surface area contributed by atoms with Crippen molar-refractivity contribution in [3.8, 4) is 0 Å². The molecule has 2 aromatic rings. The van der Waals surface area contributed by atoms with Gasteiger partial charge in [-0.05, 0) is 29.9 Å². The lowest BCUT2D eigenvalue weighted by Crippen LogP contribution is -2.30. The molecule has 1 aromatic heterocycles. The fourth-order valence-corrected chi connectivity index (χ4v) is 2.42. The number of hydrogen-bond acceptors (Lipinski definition) is 6. The van der Waals surface area contributed by atoms with Gasteiger partial charge in [-0.25, -0.2) is 4.98 Å². The van der Waals surface area contributed by atoms with Crippen LogP contribution in [0.1, 0.15) is 23.7 Å². The molecule has 5 nitrogen and oxygen atoms in total. The zero-order chi connectivity index (χ0) is 14.5. The molecule has 0 aliphatic carbocycles. The Bertz CT molecular complexity index is 613. The van der Waals surface area contributed by atoms with Crippen molar-refractivity contribution in [2.75, 3.05) is 5.43 Å². The van der Waals surface area contributed by atoms with Crippen molar-refractivity contribution >= 4 is 35.3 Å². The van der Waals surface area contributed by atoms with Gasteiger partial charge < -0.3 is 10.0 Å². The average Bonchev–Trinajstić information content (AvgIpc) is 2.84. The minimum absolute atomic E-state index is 0.488. The van der Waals surface area contributed by atoms with Crippen LogP contribution in [0.3, 0.4) is 0 Å². The summed E-state index contributed by atoms with van der Waals surface area (Å²) >= 11 is 1.50. The summed E-state index contributed by atoms with van der Waals surface area (Å²) in [6, 6.07) is 5.28. The Morgan fingerprint density at radius 1 is 1.45 bits per heavy atom. The number of aryl methyl sites for hydroxylation is 2. The van der Waals surface area contributed by atoms with Crippen molar-refractivity contribution in [2.45, 2.75) is 20.3 Å². The lowest BCUT2D eigenvalue weighted by molar-refractivity contribution is 0.425. The van der Waals surface area contributed by atoms with Crippen LogP contribution in [0.5, 0.6) is 0 Å². The van der Waals surface area contributed by atoms with Crippen molar-refractivity contribution < 1.29 is 10.0 Å². The second-order valence-corrected chi connectivity index (χ2v) is 5.21. The molecule has 2 rings (SSSR count). The zero-order valence-corrected chi connectivity index (χ0v) is 12.2. The van der Waals surface area contributed by atoms with E-state index in [4.69, 9.17) is 10.0 Å². The van der Waals surface area contributed by atoms with E-state index >= 15 is 0 Å². The molecule has 0 aliphatic rings. The topological polar surface area (TPSA) is 77.7 Å². The van der Waals surface area contributed by atoms with Gasteiger partial charge in [-0.15, -0.1) is 11.3 Å². The van der Waals surface area contributed by atoms with E-state index in [1.54, 1.807) is 18.3 Å². The standard InChI is InChI=1S/C13H16BN3O2S/c1-3-10-6-12(14(18)19)5-4-11(10)7-15-17-13-16-9(2)8-20-13/h4-8,18-19H,3H2,1-2H3,(H,16,17). The Kier molecular flexibility index (Phi) is 4.89. The van der Waals surface area contributed by atoms with Crippen LogP contribution in [0.4, 0.5) is 5.13 Å². The molecular weight excluding hydrogens is 273 g/mol. The predicted molar refractivity (Wildman–Crippen MR) is 83.7 cm³/mol. The van der Waals surface area contributed by atoms with Crippen LogP contribution in [-0.2, 0) is 6.42 Å². The van der Waals surface area contributed by atoms with Crippen molar-refractivity contribution in [1.29, 1.82) is 0 Å². The van der Waals surface area contributed by atoms with Crippen molar-refractivity contribution in [1.82, 2.24) is 4.98 Å². The molecule has 20 heavy (non-hydrogen) atoms. The fraction of sp³-hybridized carbons (Fsp3) is 0.231. The quantitative estimate of drug-likeness (QED) is 0.438. The molecule has 0 atom stereocenters. The van der Waals surface area contributed by atoms with E-state index in [1.807, 2.05) is 25.3 Å². The molecule has 0 bridgehead atoms. The third-order valence-corrected chi connectivity index (χ3v) is 3.69. The highest BCUT2D eigenvalue weighted by Crippen LogP contribution is 2.14. The number of rotatable bonds is 5. The van der Waals surface area contributed by atoms with Gasteiger partial charge in [0.2, 0.25) is 5.13 Å². The van der Waals surface area contributed by atoms with Crippen LogP contribution in [0, 0.1) is 6.92 Å². The van der Waals surface area contributed by atoms with Gasteiger partial charge in [-0.2, -0.15) is 5.10 Å². The monoisotopic (exact) mass is 289 g/mol. The molecule has 7 heteroatoms. The third-order valence-electron chi connectivity index (χ3n) is 2.83. The van der Waals surface area contributed by atoms with E-state index < -0.39 is 7.12 Å². The minimum Gasteiger partial charge on any atom is -0.423 e. The number of nitrogens with one attached hydrogen (secondary N) is 1. The normalized spacial score (nSPS) is 11.0. The van der Waals surface area contributed by atoms with Crippen molar-refractivity contribution in [3.63, 3.8) is 0 Å². The van der Waals surface area contributed by atoms with Crippen LogP contribution in [0.15, 0.2) is 28.7 Å². The number of nitrogens with zero attached hydrogens (tertiary/aromatic N) is 2. The summed E-state index contributed by atoms with van der Waals surface area (Å²) < 4.78 is 0. The number of anilines is 1. The van der Waals surface area contributed by atoms with Crippen molar-refractivity contribution in [3.05, 3.63) is 40.4 Å². The van der Waals surface area contributed by atoms with Gasteiger partial charge in [-0.1, -0.05) is 25.1 Å².